The zero-order valence-corrected chi connectivity index (χ0v) is 7.38. The first-order valence-corrected chi connectivity index (χ1v) is 3.91. The Kier molecular flexibility index (Phi) is 3.37. The highest BCUT2D eigenvalue weighted by Crippen LogP contribution is 2.02. The van der Waals surface area contributed by atoms with E-state index in [9.17, 15) is 0 Å². The van der Waals surface area contributed by atoms with Crippen LogP contribution in [0.1, 0.15) is 0 Å². The summed E-state index contributed by atoms with van der Waals surface area (Å²) in [5.41, 5.74) is 10.6. The van der Waals surface area contributed by atoms with Gasteiger partial charge >= 0.3 is 0 Å². The Labute approximate surface area is 80.0 Å². The lowest BCUT2D eigenvalue weighted by atomic mass is 10.4. The second-order valence-corrected chi connectivity index (χ2v) is 2.59. The number of aliphatic hydroxyl groups excluding tert-OH is 2. The zero-order chi connectivity index (χ0) is 10.6. The molecule has 0 radical (unpaired) electrons. The van der Waals surface area contributed by atoms with Gasteiger partial charge in [0, 0.05) is 6.54 Å². The first-order valence-electron chi connectivity index (χ1n) is 3.91. The van der Waals surface area contributed by atoms with Gasteiger partial charge in [-0.3, -0.25) is 0 Å². The number of nitrogens with one attached hydrogen (secondary N) is 1. The minimum Gasteiger partial charge on any atom is -0.394 e. The molecule has 1 aromatic rings. The average Bonchev–Trinajstić information content (AvgIpc) is 2.12. The molecule has 14 heavy (non-hydrogen) atoms. The van der Waals surface area contributed by atoms with Crippen LogP contribution in [0.25, 0.3) is 0 Å². The first kappa shape index (κ1) is 10.4. The molecule has 0 amide bonds. The SMILES string of the molecule is Nc1nc(N)nc(NCC(O)CO)n1. The molecule has 1 aromatic heterocycles. The number of hydrogen-bond acceptors (Lipinski definition) is 8. The van der Waals surface area contributed by atoms with Gasteiger partial charge in [0.1, 0.15) is 0 Å². The van der Waals surface area contributed by atoms with Crippen molar-refractivity contribution in [2.24, 2.45) is 0 Å². The lowest BCUT2D eigenvalue weighted by Gasteiger charge is -2.08. The van der Waals surface area contributed by atoms with Crippen molar-refractivity contribution >= 4 is 17.8 Å². The summed E-state index contributed by atoms with van der Waals surface area (Å²) in [6.07, 6.45) is -0.880. The summed E-state index contributed by atoms with van der Waals surface area (Å²) < 4.78 is 0. The van der Waals surface area contributed by atoms with E-state index in [1.54, 1.807) is 0 Å². The number of anilines is 3. The third kappa shape index (κ3) is 2.99. The van der Waals surface area contributed by atoms with Crippen molar-refractivity contribution in [3.05, 3.63) is 0 Å². The van der Waals surface area contributed by atoms with E-state index >= 15 is 0 Å². The third-order valence-corrected chi connectivity index (χ3v) is 1.38. The van der Waals surface area contributed by atoms with Crippen LogP contribution in [-0.4, -0.2) is 44.4 Å². The van der Waals surface area contributed by atoms with E-state index in [2.05, 4.69) is 20.3 Å². The van der Waals surface area contributed by atoms with E-state index in [4.69, 9.17) is 21.7 Å². The number of nitrogens with zero attached hydrogens (tertiary/aromatic N) is 3. The minimum atomic E-state index is -0.880. The average molecular weight is 200 g/mol. The van der Waals surface area contributed by atoms with E-state index in [1.165, 1.54) is 0 Å². The van der Waals surface area contributed by atoms with Crippen LogP contribution in [0.5, 0.6) is 0 Å². The highest BCUT2D eigenvalue weighted by Gasteiger charge is 2.04. The zero-order valence-electron chi connectivity index (χ0n) is 7.38. The Hall–Kier alpha value is -1.67. The van der Waals surface area contributed by atoms with Crippen molar-refractivity contribution in [1.29, 1.82) is 0 Å². The molecule has 0 bridgehead atoms. The van der Waals surface area contributed by atoms with Crippen LogP contribution in [0.2, 0.25) is 0 Å². The molecule has 1 atom stereocenters. The lowest BCUT2D eigenvalue weighted by Crippen LogP contribution is -2.24. The number of aromatic nitrogens is 3. The maximum Gasteiger partial charge on any atom is 0.229 e. The summed E-state index contributed by atoms with van der Waals surface area (Å²) in [6, 6.07) is 0. The van der Waals surface area contributed by atoms with E-state index < -0.39 is 6.10 Å². The van der Waals surface area contributed by atoms with Gasteiger partial charge in [-0.1, -0.05) is 0 Å². The summed E-state index contributed by atoms with van der Waals surface area (Å²) in [5.74, 6) is 0.166. The largest absolute Gasteiger partial charge is 0.394 e. The molecule has 0 fully saturated rings. The Morgan fingerprint density at radius 2 is 1.79 bits per heavy atom. The van der Waals surface area contributed by atoms with Gasteiger partial charge in [0.2, 0.25) is 17.8 Å². The summed E-state index contributed by atoms with van der Waals surface area (Å²) in [7, 11) is 0. The standard InChI is InChI=1S/C6H12N6O2/c7-4-10-5(8)12-6(11-4)9-1-3(14)2-13/h3,13-14H,1-2H2,(H5,7,8,9,10,11,12). The van der Waals surface area contributed by atoms with Gasteiger partial charge in [-0.05, 0) is 0 Å². The van der Waals surface area contributed by atoms with Gasteiger partial charge in [0.15, 0.2) is 0 Å². The first-order chi connectivity index (χ1) is 6.61. The molecule has 1 heterocycles. The van der Waals surface area contributed by atoms with Crippen LogP contribution in [-0.2, 0) is 0 Å². The van der Waals surface area contributed by atoms with E-state index in [0.29, 0.717) is 0 Å². The van der Waals surface area contributed by atoms with Crippen LogP contribution in [0.15, 0.2) is 0 Å². The summed E-state index contributed by atoms with van der Waals surface area (Å²) >= 11 is 0. The van der Waals surface area contributed by atoms with E-state index in [0.717, 1.165) is 0 Å². The van der Waals surface area contributed by atoms with Crippen LogP contribution in [0, 0.1) is 0 Å². The fourth-order valence-electron chi connectivity index (χ4n) is 0.762. The Bertz CT molecular complexity index is 286. The van der Waals surface area contributed by atoms with Crippen molar-refractivity contribution in [2.75, 3.05) is 29.9 Å². The molecular formula is C6H12N6O2. The lowest BCUT2D eigenvalue weighted by molar-refractivity contribution is 0.105. The van der Waals surface area contributed by atoms with E-state index in [1.807, 2.05) is 0 Å². The maximum absolute atomic E-state index is 9.01. The number of rotatable bonds is 4. The molecule has 0 saturated carbocycles. The number of hydrogen-bond donors (Lipinski definition) is 5. The van der Waals surface area contributed by atoms with Crippen molar-refractivity contribution in [3.8, 4) is 0 Å². The second kappa shape index (κ2) is 4.53. The van der Waals surface area contributed by atoms with Gasteiger partial charge in [0.25, 0.3) is 0 Å². The number of nitrogen functional groups attached to an aromatic ring is 2. The molecule has 0 aromatic carbocycles. The highest BCUT2D eigenvalue weighted by molar-refractivity contribution is 5.36. The Morgan fingerprint density at radius 1 is 1.21 bits per heavy atom. The molecule has 1 unspecified atom stereocenters. The van der Waals surface area contributed by atoms with Gasteiger partial charge in [-0.25, -0.2) is 0 Å². The maximum atomic E-state index is 9.01. The quantitative estimate of drug-likeness (QED) is 0.368. The Morgan fingerprint density at radius 3 is 2.29 bits per heavy atom. The van der Waals surface area contributed by atoms with Crippen molar-refractivity contribution in [1.82, 2.24) is 15.0 Å². The predicted octanol–water partition coefficient (Wildman–Crippen LogP) is -2.20. The van der Waals surface area contributed by atoms with Gasteiger partial charge in [-0.15, -0.1) is 0 Å². The summed E-state index contributed by atoms with van der Waals surface area (Å²) in [5, 5.41) is 20.2. The number of nitrogens with two attached hydrogens (primary N) is 2. The van der Waals surface area contributed by atoms with Crippen LogP contribution in [0.4, 0.5) is 17.8 Å². The molecule has 0 aliphatic carbocycles. The molecule has 8 heteroatoms. The van der Waals surface area contributed by atoms with E-state index in [-0.39, 0.29) is 31.0 Å². The molecule has 1 rings (SSSR count). The smallest absolute Gasteiger partial charge is 0.229 e. The van der Waals surface area contributed by atoms with Crippen molar-refractivity contribution < 1.29 is 10.2 Å². The summed E-state index contributed by atoms with van der Waals surface area (Å²) in [4.78, 5) is 11.0. The second-order valence-electron chi connectivity index (χ2n) is 2.59. The minimum absolute atomic E-state index is 0.00140. The fraction of sp³-hybridized carbons (Fsp3) is 0.500. The Balaban J connectivity index is 2.58. The van der Waals surface area contributed by atoms with Crippen LogP contribution < -0.4 is 16.8 Å². The predicted molar refractivity (Wildman–Crippen MR) is 50.2 cm³/mol. The van der Waals surface area contributed by atoms with Crippen LogP contribution in [0.3, 0.4) is 0 Å². The van der Waals surface area contributed by atoms with Crippen molar-refractivity contribution in [2.45, 2.75) is 6.10 Å². The van der Waals surface area contributed by atoms with Crippen molar-refractivity contribution in [3.63, 3.8) is 0 Å². The topological polar surface area (TPSA) is 143 Å². The van der Waals surface area contributed by atoms with Crippen LogP contribution >= 0.6 is 0 Å². The molecule has 0 saturated heterocycles. The molecule has 0 aliphatic heterocycles. The van der Waals surface area contributed by atoms with Gasteiger partial charge < -0.3 is 27.0 Å². The molecule has 8 nitrogen and oxygen atoms in total. The summed E-state index contributed by atoms with van der Waals surface area (Å²) in [6.45, 7) is -0.234. The molecule has 0 spiro atoms. The third-order valence-electron chi connectivity index (χ3n) is 1.38. The molecule has 0 aliphatic rings. The van der Waals surface area contributed by atoms with Gasteiger partial charge in [0.05, 0.1) is 12.7 Å². The number of aliphatic hydroxyl groups is 2. The molecular weight excluding hydrogens is 188 g/mol. The highest BCUT2D eigenvalue weighted by atomic mass is 16.3. The van der Waals surface area contributed by atoms with Gasteiger partial charge in [-0.2, -0.15) is 15.0 Å². The monoisotopic (exact) mass is 200 g/mol. The fourth-order valence-corrected chi connectivity index (χ4v) is 0.762. The normalized spacial score (nSPS) is 12.4. The molecule has 7 N–H and O–H groups in total. The molecule has 78 valence electrons.